The van der Waals surface area contributed by atoms with Crippen molar-refractivity contribution in [2.24, 2.45) is 0 Å². The zero-order valence-electron chi connectivity index (χ0n) is 6.85. The maximum atomic E-state index is 11.0. The smallest absolute Gasteiger partial charge is 0.228 e. The number of benzene rings is 1. The van der Waals surface area contributed by atoms with Crippen LogP contribution in [-0.2, 0) is 11.2 Å². The van der Waals surface area contributed by atoms with Crippen LogP contribution in [0.5, 0.6) is 0 Å². The van der Waals surface area contributed by atoms with Gasteiger partial charge in [-0.15, -0.1) is 0 Å². The Morgan fingerprint density at radius 2 is 2.25 bits per heavy atom. The fraction of sp³-hybridized carbons (Fsp3) is 0.222. The third kappa shape index (κ3) is 0.942. The van der Waals surface area contributed by atoms with Gasteiger partial charge in [-0.25, -0.2) is 0 Å². The molecule has 0 spiro atoms. The Balaban J connectivity index is 2.55. The monoisotopic (exact) mass is 162 g/mol. The Morgan fingerprint density at radius 3 is 3.00 bits per heavy atom. The first-order chi connectivity index (χ1) is 5.66. The quantitative estimate of drug-likeness (QED) is 0.561. The van der Waals surface area contributed by atoms with Crippen molar-refractivity contribution in [3.8, 4) is 0 Å². The van der Waals surface area contributed by atoms with Crippen LogP contribution >= 0.6 is 0 Å². The van der Waals surface area contributed by atoms with Crippen LogP contribution in [0.1, 0.15) is 11.1 Å². The summed E-state index contributed by atoms with van der Waals surface area (Å²) in [5.74, 6) is 0.0509. The molecule has 0 radical (unpaired) electrons. The van der Waals surface area contributed by atoms with E-state index in [0.717, 1.165) is 22.5 Å². The average Bonchev–Trinajstić information content (AvgIpc) is 2.30. The molecule has 0 aliphatic carbocycles. The molecule has 0 saturated heterocycles. The highest BCUT2D eigenvalue weighted by Crippen LogP contribution is 2.27. The van der Waals surface area contributed by atoms with Crippen molar-refractivity contribution in [3.05, 3.63) is 23.3 Å². The summed E-state index contributed by atoms with van der Waals surface area (Å²) in [6, 6.07) is 3.78. The number of anilines is 2. The second kappa shape index (κ2) is 2.24. The lowest BCUT2D eigenvalue weighted by atomic mass is 10.1. The molecule has 62 valence electrons. The minimum Gasteiger partial charge on any atom is -0.398 e. The van der Waals surface area contributed by atoms with Crippen molar-refractivity contribution in [1.29, 1.82) is 0 Å². The van der Waals surface area contributed by atoms with Crippen LogP contribution < -0.4 is 11.1 Å². The first kappa shape index (κ1) is 7.16. The second-order valence-corrected chi connectivity index (χ2v) is 3.09. The number of nitrogens with two attached hydrogens (primary N) is 1. The molecule has 1 aromatic rings. The van der Waals surface area contributed by atoms with Gasteiger partial charge in [-0.3, -0.25) is 4.79 Å². The van der Waals surface area contributed by atoms with E-state index in [0.29, 0.717) is 6.42 Å². The predicted molar refractivity (Wildman–Crippen MR) is 47.9 cm³/mol. The van der Waals surface area contributed by atoms with Gasteiger partial charge in [-0.05, 0) is 24.1 Å². The number of amides is 1. The van der Waals surface area contributed by atoms with Crippen LogP contribution in [0.2, 0.25) is 0 Å². The summed E-state index contributed by atoms with van der Waals surface area (Å²) < 4.78 is 0. The largest absolute Gasteiger partial charge is 0.398 e. The third-order valence-electron chi connectivity index (χ3n) is 2.12. The summed E-state index contributed by atoms with van der Waals surface area (Å²) in [7, 11) is 0. The van der Waals surface area contributed by atoms with Crippen LogP contribution in [0.25, 0.3) is 0 Å². The summed E-state index contributed by atoms with van der Waals surface area (Å²) in [5, 5.41) is 2.75. The summed E-state index contributed by atoms with van der Waals surface area (Å²) in [4.78, 5) is 11.0. The second-order valence-electron chi connectivity index (χ2n) is 3.09. The molecule has 12 heavy (non-hydrogen) atoms. The molecule has 1 aromatic carbocycles. The molecule has 0 atom stereocenters. The molecule has 1 aliphatic rings. The van der Waals surface area contributed by atoms with Gasteiger partial charge in [0.25, 0.3) is 0 Å². The highest BCUT2D eigenvalue weighted by Gasteiger charge is 2.17. The summed E-state index contributed by atoms with van der Waals surface area (Å²) in [5.41, 5.74) is 9.36. The molecular weight excluding hydrogens is 152 g/mol. The third-order valence-corrected chi connectivity index (χ3v) is 2.12. The standard InChI is InChI=1S/C9H10N2O/c1-5-2-6-3-9(12)11-8(6)4-7(5)10/h2,4H,3,10H2,1H3,(H,11,12). The molecule has 0 fully saturated rings. The van der Waals surface area contributed by atoms with Crippen LogP contribution in [0.15, 0.2) is 12.1 Å². The highest BCUT2D eigenvalue weighted by molar-refractivity contribution is 5.99. The van der Waals surface area contributed by atoms with Crippen molar-refractivity contribution in [2.75, 3.05) is 11.1 Å². The molecule has 2 rings (SSSR count). The molecule has 0 unspecified atom stereocenters. The van der Waals surface area contributed by atoms with Crippen LogP contribution in [-0.4, -0.2) is 5.91 Å². The molecule has 3 nitrogen and oxygen atoms in total. The summed E-state index contributed by atoms with van der Waals surface area (Å²) >= 11 is 0. The Hall–Kier alpha value is -1.51. The number of carbonyl (C=O) groups is 1. The number of rotatable bonds is 0. The van der Waals surface area contributed by atoms with Crippen molar-refractivity contribution >= 4 is 17.3 Å². The normalized spacial score (nSPS) is 14.2. The molecule has 3 heteroatoms. The maximum Gasteiger partial charge on any atom is 0.228 e. The van der Waals surface area contributed by atoms with Gasteiger partial charge in [0.05, 0.1) is 6.42 Å². The van der Waals surface area contributed by atoms with Crippen molar-refractivity contribution in [1.82, 2.24) is 0 Å². The zero-order chi connectivity index (χ0) is 8.72. The first-order valence-corrected chi connectivity index (χ1v) is 3.85. The summed E-state index contributed by atoms with van der Waals surface area (Å²) in [6.45, 7) is 1.94. The Labute approximate surface area is 70.6 Å². The molecule has 1 aliphatic heterocycles. The SMILES string of the molecule is Cc1cc2c(cc1N)NC(=O)C2. The van der Waals surface area contributed by atoms with Gasteiger partial charge >= 0.3 is 0 Å². The number of hydrogen-bond acceptors (Lipinski definition) is 2. The van der Waals surface area contributed by atoms with Crippen LogP contribution in [0.4, 0.5) is 11.4 Å². The van der Waals surface area contributed by atoms with E-state index >= 15 is 0 Å². The van der Waals surface area contributed by atoms with E-state index in [1.807, 2.05) is 19.1 Å². The predicted octanol–water partition coefficient (Wildman–Crippen LogP) is 1.07. The van der Waals surface area contributed by atoms with Crippen molar-refractivity contribution in [3.63, 3.8) is 0 Å². The van der Waals surface area contributed by atoms with Gasteiger partial charge in [0.15, 0.2) is 0 Å². The van der Waals surface area contributed by atoms with E-state index in [9.17, 15) is 4.79 Å². The van der Waals surface area contributed by atoms with Gasteiger partial charge in [-0.1, -0.05) is 6.07 Å². The number of hydrogen-bond donors (Lipinski definition) is 2. The van der Waals surface area contributed by atoms with Gasteiger partial charge in [-0.2, -0.15) is 0 Å². The van der Waals surface area contributed by atoms with Gasteiger partial charge < -0.3 is 11.1 Å². The van der Waals surface area contributed by atoms with Gasteiger partial charge in [0.2, 0.25) is 5.91 Å². The Morgan fingerprint density at radius 1 is 1.50 bits per heavy atom. The number of fused-ring (bicyclic) bond motifs is 1. The fourth-order valence-corrected chi connectivity index (χ4v) is 1.41. The van der Waals surface area contributed by atoms with E-state index < -0.39 is 0 Å². The molecule has 1 amide bonds. The number of nitrogens with one attached hydrogen (secondary N) is 1. The van der Waals surface area contributed by atoms with E-state index in [-0.39, 0.29) is 5.91 Å². The Kier molecular flexibility index (Phi) is 1.33. The van der Waals surface area contributed by atoms with Gasteiger partial charge in [0.1, 0.15) is 0 Å². The zero-order valence-corrected chi connectivity index (χ0v) is 6.85. The van der Waals surface area contributed by atoms with Crippen LogP contribution in [0, 0.1) is 6.92 Å². The minimum absolute atomic E-state index is 0.0509. The summed E-state index contributed by atoms with van der Waals surface area (Å²) in [6.07, 6.45) is 0.483. The minimum atomic E-state index is 0.0509. The maximum absolute atomic E-state index is 11.0. The lowest BCUT2D eigenvalue weighted by Gasteiger charge is -2.03. The molecule has 0 bridgehead atoms. The lowest BCUT2D eigenvalue weighted by molar-refractivity contribution is -0.115. The van der Waals surface area contributed by atoms with Crippen molar-refractivity contribution < 1.29 is 4.79 Å². The molecule has 0 aromatic heterocycles. The molecule has 0 saturated carbocycles. The molecular formula is C9H10N2O. The molecule has 3 N–H and O–H groups in total. The average molecular weight is 162 g/mol. The van der Waals surface area contributed by atoms with Crippen LogP contribution in [0.3, 0.4) is 0 Å². The van der Waals surface area contributed by atoms with E-state index in [1.165, 1.54) is 0 Å². The number of carbonyl (C=O) groups excluding carboxylic acids is 1. The molecule has 1 heterocycles. The van der Waals surface area contributed by atoms with E-state index in [1.54, 1.807) is 0 Å². The van der Waals surface area contributed by atoms with E-state index in [4.69, 9.17) is 5.73 Å². The lowest BCUT2D eigenvalue weighted by Crippen LogP contribution is -2.03. The van der Waals surface area contributed by atoms with E-state index in [2.05, 4.69) is 5.32 Å². The fourth-order valence-electron chi connectivity index (χ4n) is 1.41. The topological polar surface area (TPSA) is 55.1 Å². The van der Waals surface area contributed by atoms with Gasteiger partial charge in [0, 0.05) is 11.4 Å². The Bertz CT molecular complexity index is 325. The highest BCUT2D eigenvalue weighted by atomic mass is 16.1. The number of nitrogen functional groups attached to an aromatic ring is 1. The van der Waals surface area contributed by atoms with Crippen molar-refractivity contribution in [2.45, 2.75) is 13.3 Å². The number of aryl methyl sites for hydroxylation is 1. The first-order valence-electron chi connectivity index (χ1n) is 3.85.